The van der Waals surface area contributed by atoms with Gasteiger partial charge < -0.3 is 15.1 Å². The summed E-state index contributed by atoms with van der Waals surface area (Å²) in [4.78, 5) is 19.4. The maximum atomic E-state index is 12.4. The van der Waals surface area contributed by atoms with Gasteiger partial charge in [0.05, 0.1) is 0 Å². The molecule has 26 heavy (non-hydrogen) atoms. The molecule has 1 unspecified atom stereocenters. The van der Waals surface area contributed by atoms with Crippen LogP contribution in [0.2, 0.25) is 0 Å². The Balaban J connectivity index is 0.00000169. The fraction of sp³-hybridized carbons (Fsp3) is 0.632. The molecule has 1 N–H and O–H groups in total. The third kappa shape index (κ3) is 6.02. The van der Waals surface area contributed by atoms with Gasteiger partial charge in [0.2, 0.25) is 5.91 Å². The molecule has 0 aromatic heterocycles. The van der Waals surface area contributed by atoms with Crippen molar-refractivity contribution in [2.75, 3.05) is 57.3 Å². The van der Waals surface area contributed by atoms with Crippen molar-refractivity contribution >= 4 is 36.4 Å². The number of rotatable bonds is 4. The summed E-state index contributed by atoms with van der Waals surface area (Å²) in [5.41, 5.74) is 2.63. The molecule has 2 aliphatic rings. The zero-order valence-electron chi connectivity index (χ0n) is 15.8. The molecule has 1 aromatic rings. The number of nitrogens with one attached hydrogen (secondary N) is 1. The number of nitrogens with zero attached hydrogens (tertiary/aromatic N) is 3. The lowest BCUT2D eigenvalue weighted by Gasteiger charge is -2.37. The van der Waals surface area contributed by atoms with Gasteiger partial charge in [-0.15, -0.1) is 24.8 Å². The van der Waals surface area contributed by atoms with Crippen LogP contribution < -0.4 is 10.2 Å². The molecule has 2 heterocycles. The normalized spacial score (nSPS) is 20.9. The first kappa shape index (κ1) is 23.0. The Hall–Kier alpha value is -1.01. The van der Waals surface area contributed by atoms with Crippen molar-refractivity contribution in [2.45, 2.75) is 26.3 Å². The Bertz CT molecular complexity index is 564. The molecule has 0 bridgehead atoms. The van der Waals surface area contributed by atoms with Gasteiger partial charge >= 0.3 is 0 Å². The number of amides is 1. The van der Waals surface area contributed by atoms with Crippen LogP contribution in [0, 0.1) is 6.92 Å². The molecular weight excluding hydrogens is 371 g/mol. The Labute approximate surface area is 169 Å². The zero-order valence-corrected chi connectivity index (χ0v) is 17.5. The number of carbonyl (C=O) groups excluding carboxylic acids is 1. The molecular formula is C19H32Cl2N4O. The van der Waals surface area contributed by atoms with E-state index in [-0.39, 0.29) is 24.8 Å². The lowest BCUT2D eigenvalue weighted by molar-refractivity contribution is -0.134. The molecule has 148 valence electrons. The van der Waals surface area contributed by atoms with E-state index in [0.29, 0.717) is 18.4 Å². The van der Waals surface area contributed by atoms with Gasteiger partial charge in [0.1, 0.15) is 0 Å². The van der Waals surface area contributed by atoms with Gasteiger partial charge in [-0.2, -0.15) is 0 Å². The summed E-state index contributed by atoms with van der Waals surface area (Å²) in [6, 6.07) is 9.04. The van der Waals surface area contributed by atoms with E-state index in [4.69, 9.17) is 0 Å². The van der Waals surface area contributed by atoms with Gasteiger partial charge in [0.25, 0.3) is 0 Å². The minimum atomic E-state index is 0. The number of aryl methyl sites for hydroxylation is 1. The summed E-state index contributed by atoms with van der Waals surface area (Å²) in [6.07, 6.45) is 0.648. The van der Waals surface area contributed by atoms with Gasteiger partial charge in [0, 0.05) is 70.5 Å². The molecule has 0 aliphatic carbocycles. The molecule has 2 aliphatic heterocycles. The van der Waals surface area contributed by atoms with E-state index in [1.54, 1.807) is 0 Å². The Morgan fingerprint density at radius 1 is 1.15 bits per heavy atom. The minimum absolute atomic E-state index is 0. The minimum Gasteiger partial charge on any atom is -0.369 e. The van der Waals surface area contributed by atoms with Crippen molar-refractivity contribution in [1.29, 1.82) is 0 Å². The molecule has 0 saturated carbocycles. The fourth-order valence-corrected chi connectivity index (χ4v) is 3.66. The van der Waals surface area contributed by atoms with Gasteiger partial charge in [0.15, 0.2) is 0 Å². The highest BCUT2D eigenvalue weighted by molar-refractivity contribution is 5.85. The number of hydrogen-bond donors (Lipinski definition) is 1. The molecule has 3 rings (SSSR count). The molecule has 1 atom stereocenters. The Kier molecular flexibility index (Phi) is 9.72. The van der Waals surface area contributed by atoms with Crippen molar-refractivity contribution in [2.24, 2.45) is 0 Å². The fourth-order valence-electron chi connectivity index (χ4n) is 3.66. The summed E-state index contributed by atoms with van der Waals surface area (Å²) in [5.74, 6) is 0.310. The number of hydrogen-bond acceptors (Lipinski definition) is 4. The molecule has 1 aromatic carbocycles. The summed E-state index contributed by atoms with van der Waals surface area (Å²) < 4.78 is 0. The predicted molar refractivity (Wildman–Crippen MR) is 113 cm³/mol. The van der Waals surface area contributed by atoms with Crippen molar-refractivity contribution < 1.29 is 4.79 Å². The van der Waals surface area contributed by atoms with E-state index in [1.807, 2.05) is 4.90 Å². The van der Waals surface area contributed by atoms with E-state index in [0.717, 1.165) is 52.4 Å². The van der Waals surface area contributed by atoms with Crippen molar-refractivity contribution in [1.82, 2.24) is 15.1 Å². The molecule has 0 radical (unpaired) electrons. The lowest BCUT2D eigenvalue weighted by Crippen LogP contribution is -2.53. The average molecular weight is 403 g/mol. The molecule has 2 saturated heterocycles. The van der Waals surface area contributed by atoms with Crippen LogP contribution in [-0.2, 0) is 4.79 Å². The van der Waals surface area contributed by atoms with Crippen molar-refractivity contribution in [3.63, 3.8) is 0 Å². The molecule has 7 heteroatoms. The summed E-state index contributed by atoms with van der Waals surface area (Å²) in [6.45, 7) is 12.0. The van der Waals surface area contributed by atoms with E-state index in [2.05, 4.69) is 53.2 Å². The second kappa shape index (κ2) is 11.0. The number of halogens is 2. The van der Waals surface area contributed by atoms with Gasteiger partial charge in [-0.1, -0.05) is 12.1 Å². The maximum Gasteiger partial charge on any atom is 0.224 e. The second-order valence-electron chi connectivity index (χ2n) is 7.06. The Morgan fingerprint density at radius 2 is 1.88 bits per heavy atom. The first-order valence-electron chi connectivity index (χ1n) is 9.17. The van der Waals surface area contributed by atoms with Crippen LogP contribution in [0.1, 0.15) is 18.9 Å². The van der Waals surface area contributed by atoms with Crippen LogP contribution in [-0.4, -0.2) is 74.1 Å². The molecule has 2 fully saturated rings. The zero-order chi connectivity index (χ0) is 16.9. The van der Waals surface area contributed by atoms with E-state index >= 15 is 0 Å². The smallest absolute Gasteiger partial charge is 0.224 e. The average Bonchev–Trinajstić information content (AvgIpc) is 2.60. The molecule has 5 nitrogen and oxygen atoms in total. The van der Waals surface area contributed by atoms with Crippen LogP contribution >= 0.6 is 24.8 Å². The van der Waals surface area contributed by atoms with Gasteiger partial charge in [-0.3, -0.25) is 9.69 Å². The van der Waals surface area contributed by atoms with Crippen molar-refractivity contribution in [3.05, 3.63) is 29.8 Å². The second-order valence-corrected chi connectivity index (χ2v) is 7.06. The van der Waals surface area contributed by atoms with E-state index < -0.39 is 0 Å². The summed E-state index contributed by atoms with van der Waals surface area (Å²) in [7, 11) is 0. The molecule has 1 amide bonds. The quantitative estimate of drug-likeness (QED) is 0.837. The van der Waals surface area contributed by atoms with Gasteiger partial charge in [-0.25, -0.2) is 0 Å². The third-order valence-electron chi connectivity index (χ3n) is 5.20. The SMILES string of the molecule is Cc1cccc(N2CCN(CCC(=O)N3CCNCC3C)CC2)c1.Cl.Cl. The first-order chi connectivity index (χ1) is 11.6. The largest absolute Gasteiger partial charge is 0.369 e. The highest BCUT2D eigenvalue weighted by Gasteiger charge is 2.24. The number of carbonyl (C=O) groups is 1. The monoisotopic (exact) mass is 402 g/mol. The highest BCUT2D eigenvalue weighted by Crippen LogP contribution is 2.18. The van der Waals surface area contributed by atoms with E-state index in [1.165, 1.54) is 11.3 Å². The predicted octanol–water partition coefficient (Wildman–Crippen LogP) is 2.17. The first-order valence-corrected chi connectivity index (χ1v) is 9.17. The lowest BCUT2D eigenvalue weighted by atomic mass is 10.1. The third-order valence-corrected chi connectivity index (χ3v) is 5.20. The standard InChI is InChI=1S/C19H30N4O.2ClH/c1-16-4-3-5-18(14-16)22-12-10-21(11-13-22)8-6-19(24)23-9-7-20-15-17(23)2;;/h3-5,14,17,20H,6-13,15H2,1-2H3;2*1H. The highest BCUT2D eigenvalue weighted by atomic mass is 35.5. The topological polar surface area (TPSA) is 38.8 Å². The summed E-state index contributed by atoms with van der Waals surface area (Å²) >= 11 is 0. The molecule has 0 spiro atoms. The number of piperazine rings is 2. The number of anilines is 1. The maximum absolute atomic E-state index is 12.4. The summed E-state index contributed by atoms with van der Waals surface area (Å²) in [5, 5.41) is 3.34. The number of benzene rings is 1. The van der Waals surface area contributed by atoms with Crippen LogP contribution in [0.25, 0.3) is 0 Å². The van der Waals surface area contributed by atoms with E-state index in [9.17, 15) is 4.79 Å². The van der Waals surface area contributed by atoms with Crippen molar-refractivity contribution in [3.8, 4) is 0 Å². The van der Waals surface area contributed by atoms with Crippen LogP contribution in [0.5, 0.6) is 0 Å². The van der Waals surface area contributed by atoms with Gasteiger partial charge in [-0.05, 0) is 31.5 Å². The Morgan fingerprint density at radius 3 is 2.54 bits per heavy atom. The van der Waals surface area contributed by atoms with Crippen LogP contribution in [0.15, 0.2) is 24.3 Å². The van der Waals surface area contributed by atoms with Crippen LogP contribution in [0.3, 0.4) is 0 Å². The van der Waals surface area contributed by atoms with Crippen LogP contribution in [0.4, 0.5) is 5.69 Å².